The molecule has 1 N–H and O–H groups in total. The molecule has 0 aliphatic heterocycles. The Kier molecular flexibility index (Phi) is 4.80. The van der Waals surface area contributed by atoms with Crippen LogP contribution in [0, 0.1) is 10.1 Å². The van der Waals surface area contributed by atoms with Gasteiger partial charge in [0.25, 0.3) is 0 Å². The van der Waals surface area contributed by atoms with Crippen molar-refractivity contribution in [1.82, 2.24) is 14.7 Å². The maximum Gasteiger partial charge on any atom is 0.389 e. The number of aromatic nitrogens is 2. The van der Waals surface area contributed by atoms with Gasteiger partial charge in [0.1, 0.15) is 0 Å². The Bertz CT molecular complexity index is 397. The Morgan fingerprint density at radius 1 is 1.61 bits per heavy atom. The van der Waals surface area contributed by atoms with Crippen LogP contribution in [0.15, 0.2) is 12.3 Å². The molecule has 102 valence electrons. The lowest BCUT2D eigenvalue weighted by molar-refractivity contribution is -0.389. The monoisotopic (exact) mass is 256 g/mol. The average molecular weight is 256 g/mol. The zero-order chi connectivity index (χ0) is 13.8. The van der Waals surface area contributed by atoms with Crippen molar-refractivity contribution in [3.8, 4) is 0 Å². The molecule has 0 atom stereocenters. The molecule has 1 heterocycles. The second kappa shape index (κ2) is 5.92. The van der Waals surface area contributed by atoms with Gasteiger partial charge < -0.3 is 15.2 Å². The molecule has 0 radical (unpaired) electrons. The number of nitro groups is 1. The molecular weight excluding hydrogens is 236 g/mol. The van der Waals surface area contributed by atoms with Crippen LogP contribution in [0.1, 0.15) is 20.8 Å². The molecule has 1 aromatic rings. The van der Waals surface area contributed by atoms with Gasteiger partial charge in [-0.2, -0.15) is 4.68 Å². The molecule has 18 heavy (non-hydrogen) atoms. The van der Waals surface area contributed by atoms with Gasteiger partial charge in [-0.1, -0.05) is 6.92 Å². The molecule has 0 aliphatic rings. The van der Waals surface area contributed by atoms with Gasteiger partial charge in [-0.15, -0.1) is 0 Å². The molecule has 0 amide bonds. The summed E-state index contributed by atoms with van der Waals surface area (Å²) in [5.41, 5.74) is -0.744. The highest BCUT2D eigenvalue weighted by Crippen LogP contribution is 2.07. The molecule has 0 aliphatic carbocycles. The van der Waals surface area contributed by atoms with Crippen LogP contribution in [0.25, 0.3) is 0 Å². The van der Waals surface area contributed by atoms with Crippen LogP contribution in [0.2, 0.25) is 0 Å². The van der Waals surface area contributed by atoms with Crippen molar-refractivity contribution in [1.29, 1.82) is 0 Å². The number of hydrogen-bond donors (Lipinski definition) is 1. The number of nitrogens with zero attached hydrogens (tertiary/aromatic N) is 4. The molecule has 7 heteroatoms. The fourth-order valence-corrected chi connectivity index (χ4v) is 1.71. The fraction of sp³-hybridized carbons (Fsp3) is 0.727. The van der Waals surface area contributed by atoms with Gasteiger partial charge in [-0.3, -0.25) is 4.90 Å². The molecule has 0 aromatic carbocycles. The number of likely N-dealkylation sites (N-methyl/N-ethyl adjacent to an activating group) is 1. The van der Waals surface area contributed by atoms with Gasteiger partial charge in [0.2, 0.25) is 0 Å². The molecule has 0 unspecified atom stereocenters. The van der Waals surface area contributed by atoms with Crippen LogP contribution in [0.5, 0.6) is 0 Å². The van der Waals surface area contributed by atoms with Gasteiger partial charge in [-0.25, -0.2) is 0 Å². The first-order valence-electron chi connectivity index (χ1n) is 5.94. The Labute approximate surface area is 106 Å². The minimum atomic E-state index is -0.744. The van der Waals surface area contributed by atoms with Crippen molar-refractivity contribution in [3.05, 3.63) is 22.4 Å². The molecule has 0 saturated carbocycles. The van der Waals surface area contributed by atoms with E-state index in [9.17, 15) is 15.2 Å². The topological polar surface area (TPSA) is 84.4 Å². The molecule has 0 fully saturated rings. The summed E-state index contributed by atoms with van der Waals surface area (Å²) in [6.07, 6.45) is 1.59. The van der Waals surface area contributed by atoms with E-state index in [4.69, 9.17) is 0 Å². The van der Waals surface area contributed by atoms with Gasteiger partial charge in [0, 0.05) is 13.1 Å². The second-order valence-corrected chi connectivity index (χ2v) is 4.88. The predicted molar refractivity (Wildman–Crippen MR) is 67.3 cm³/mol. The van der Waals surface area contributed by atoms with Crippen LogP contribution in [0.4, 0.5) is 5.82 Å². The van der Waals surface area contributed by atoms with Gasteiger partial charge in [-0.05, 0) is 25.3 Å². The quantitative estimate of drug-likeness (QED) is 0.578. The van der Waals surface area contributed by atoms with E-state index in [-0.39, 0.29) is 5.82 Å². The van der Waals surface area contributed by atoms with Gasteiger partial charge in [0.05, 0.1) is 29.5 Å². The van der Waals surface area contributed by atoms with Crippen molar-refractivity contribution in [3.63, 3.8) is 0 Å². The first kappa shape index (κ1) is 14.6. The van der Waals surface area contributed by atoms with E-state index in [0.717, 1.165) is 6.54 Å². The molecule has 0 bridgehead atoms. The van der Waals surface area contributed by atoms with Crippen molar-refractivity contribution >= 4 is 5.82 Å². The SMILES string of the molecule is CCN(CCn1ccc([N+](=O)[O-])n1)CC(C)(C)O. The maximum absolute atomic E-state index is 10.5. The number of hydrogen-bond acceptors (Lipinski definition) is 5. The third-order valence-corrected chi connectivity index (χ3v) is 2.52. The lowest BCUT2D eigenvalue weighted by atomic mass is 10.1. The Hall–Kier alpha value is -1.47. The van der Waals surface area contributed by atoms with E-state index >= 15 is 0 Å². The summed E-state index contributed by atoms with van der Waals surface area (Å²) in [7, 11) is 0. The third kappa shape index (κ3) is 4.80. The largest absolute Gasteiger partial charge is 0.389 e. The van der Waals surface area contributed by atoms with Crippen LogP contribution in [-0.4, -0.2) is 49.9 Å². The van der Waals surface area contributed by atoms with Crippen LogP contribution in [-0.2, 0) is 6.54 Å². The lowest BCUT2D eigenvalue weighted by Gasteiger charge is -2.27. The number of aliphatic hydroxyl groups is 1. The standard InChI is InChI=1S/C11H20N4O3/c1-4-13(9-11(2,3)16)7-8-14-6-5-10(12-14)15(17)18/h5-6,16H,4,7-9H2,1-3H3. The van der Waals surface area contributed by atoms with Crippen LogP contribution in [0.3, 0.4) is 0 Å². The fourth-order valence-electron chi connectivity index (χ4n) is 1.71. The van der Waals surface area contributed by atoms with E-state index in [1.165, 1.54) is 6.07 Å². The van der Waals surface area contributed by atoms with Gasteiger partial charge >= 0.3 is 5.82 Å². The summed E-state index contributed by atoms with van der Waals surface area (Å²) >= 11 is 0. The average Bonchev–Trinajstić information content (AvgIpc) is 2.71. The second-order valence-electron chi connectivity index (χ2n) is 4.88. The molecule has 0 spiro atoms. The Morgan fingerprint density at radius 3 is 2.72 bits per heavy atom. The van der Waals surface area contributed by atoms with Crippen LogP contribution >= 0.6 is 0 Å². The summed E-state index contributed by atoms with van der Waals surface area (Å²) in [4.78, 5) is 12.1. The van der Waals surface area contributed by atoms with E-state index in [2.05, 4.69) is 10.00 Å². The van der Waals surface area contributed by atoms with Crippen molar-refractivity contribution < 1.29 is 10.0 Å². The zero-order valence-corrected chi connectivity index (χ0v) is 11.0. The summed E-state index contributed by atoms with van der Waals surface area (Å²) in [6.45, 7) is 8.16. The zero-order valence-electron chi connectivity index (χ0n) is 11.0. The van der Waals surface area contributed by atoms with E-state index in [0.29, 0.717) is 19.6 Å². The third-order valence-electron chi connectivity index (χ3n) is 2.52. The predicted octanol–water partition coefficient (Wildman–Crippen LogP) is 0.884. The minimum absolute atomic E-state index is 0.138. The summed E-state index contributed by atoms with van der Waals surface area (Å²) in [5.74, 6) is -0.138. The molecule has 7 nitrogen and oxygen atoms in total. The van der Waals surface area contributed by atoms with E-state index < -0.39 is 10.5 Å². The van der Waals surface area contributed by atoms with Crippen molar-refractivity contribution in [2.24, 2.45) is 0 Å². The highest BCUT2D eigenvalue weighted by molar-refractivity contribution is 5.13. The summed E-state index contributed by atoms with van der Waals surface area (Å²) < 4.78 is 1.55. The summed E-state index contributed by atoms with van der Waals surface area (Å²) in [5, 5.41) is 24.1. The summed E-state index contributed by atoms with van der Waals surface area (Å²) in [6, 6.07) is 1.38. The molecule has 1 aromatic heterocycles. The first-order chi connectivity index (χ1) is 8.31. The smallest absolute Gasteiger partial charge is 0.389 e. The molecular formula is C11H20N4O3. The van der Waals surface area contributed by atoms with Crippen molar-refractivity contribution in [2.45, 2.75) is 32.9 Å². The molecule has 0 saturated heterocycles. The first-order valence-corrected chi connectivity index (χ1v) is 5.94. The Balaban J connectivity index is 2.49. The Morgan fingerprint density at radius 2 is 2.28 bits per heavy atom. The highest BCUT2D eigenvalue weighted by atomic mass is 16.6. The van der Waals surface area contributed by atoms with Gasteiger partial charge in [0.15, 0.2) is 0 Å². The van der Waals surface area contributed by atoms with E-state index in [1.54, 1.807) is 24.7 Å². The minimum Gasteiger partial charge on any atom is -0.389 e. The van der Waals surface area contributed by atoms with Crippen LogP contribution < -0.4 is 0 Å². The van der Waals surface area contributed by atoms with E-state index in [1.807, 2.05) is 6.92 Å². The number of rotatable bonds is 7. The highest BCUT2D eigenvalue weighted by Gasteiger charge is 2.18. The maximum atomic E-state index is 10.5. The van der Waals surface area contributed by atoms with Crippen molar-refractivity contribution in [2.75, 3.05) is 19.6 Å². The normalized spacial score (nSPS) is 12.1. The molecule has 1 rings (SSSR count). The lowest BCUT2D eigenvalue weighted by Crippen LogP contribution is -2.40.